The van der Waals surface area contributed by atoms with E-state index in [1.165, 1.54) is 34.9 Å². The molecule has 0 N–H and O–H groups in total. The van der Waals surface area contributed by atoms with Gasteiger partial charge in [-0.3, -0.25) is 14.9 Å². The van der Waals surface area contributed by atoms with Gasteiger partial charge in [-0.25, -0.2) is 0 Å². The smallest absolute Gasteiger partial charge is 0.326 e. The van der Waals surface area contributed by atoms with Crippen molar-refractivity contribution in [3.63, 3.8) is 0 Å². The number of nitro benzene ring substituents is 1. The summed E-state index contributed by atoms with van der Waals surface area (Å²) in [5.74, 6) is -0.585. The summed E-state index contributed by atoms with van der Waals surface area (Å²) in [6.07, 6.45) is 0. The number of aromatic nitrogens is 1. The number of ether oxygens (including phenoxy) is 1. The summed E-state index contributed by atoms with van der Waals surface area (Å²) in [4.78, 5) is 22.4. The molecule has 3 aromatic rings. The molecular weight excluding hydrogens is 450 g/mol. The second kappa shape index (κ2) is 7.99. The first-order valence-electron chi connectivity index (χ1n) is 7.71. The molecule has 2 heterocycles. The second-order valence-corrected chi connectivity index (χ2v) is 9.86. The Hall–Kier alpha value is -2.28. The van der Waals surface area contributed by atoms with E-state index in [0.29, 0.717) is 14.6 Å². The molecule has 13 heteroatoms. The van der Waals surface area contributed by atoms with Crippen LogP contribution < -0.4 is 4.80 Å². The standard InChI is InChI=1S/C15H12ClN3O6S3/c1-2-25-13(20)8-18-10-4-3-9(19(21)22)7-11(10)26-15(18)17-28(23,24)14-6-5-12(16)27-14/h3-7H,2,8H2,1H3. The van der Waals surface area contributed by atoms with E-state index in [0.717, 1.165) is 22.7 Å². The number of hydrogen-bond acceptors (Lipinski definition) is 8. The van der Waals surface area contributed by atoms with Gasteiger partial charge in [0.1, 0.15) is 10.8 Å². The highest BCUT2D eigenvalue weighted by molar-refractivity contribution is 7.92. The van der Waals surface area contributed by atoms with Crippen molar-refractivity contribution in [3.05, 3.63) is 49.6 Å². The van der Waals surface area contributed by atoms with E-state index in [1.807, 2.05) is 0 Å². The predicted octanol–water partition coefficient (Wildman–Crippen LogP) is 3.18. The molecule has 0 aliphatic heterocycles. The van der Waals surface area contributed by atoms with Crippen LogP contribution in [-0.2, 0) is 26.1 Å². The molecule has 0 bridgehead atoms. The number of rotatable bonds is 6. The molecule has 0 saturated heterocycles. The number of thiophene rings is 1. The van der Waals surface area contributed by atoms with Gasteiger partial charge in [-0.1, -0.05) is 22.9 Å². The Bertz CT molecular complexity index is 1240. The number of carbonyl (C=O) groups is 1. The largest absolute Gasteiger partial charge is 0.465 e. The highest BCUT2D eigenvalue weighted by Gasteiger charge is 2.19. The Balaban J connectivity index is 2.21. The van der Waals surface area contributed by atoms with Crippen LogP contribution in [0, 0.1) is 10.1 Å². The lowest BCUT2D eigenvalue weighted by Crippen LogP contribution is -2.23. The predicted molar refractivity (Wildman–Crippen MR) is 105 cm³/mol. The van der Waals surface area contributed by atoms with E-state index in [2.05, 4.69) is 4.40 Å². The number of non-ortho nitro benzene ring substituents is 1. The first-order valence-corrected chi connectivity index (χ1v) is 11.2. The van der Waals surface area contributed by atoms with Crippen molar-refractivity contribution in [2.75, 3.05) is 6.61 Å². The van der Waals surface area contributed by atoms with Crippen molar-refractivity contribution in [2.45, 2.75) is 17.7 Å². The fourth-order valence-corrected chi connectivity index (χ4v) is 6.04. The van der Waals surface area contributed by atoms with E-state index in [9.17, 15) is 23.3 Å². The lowest BCUT2D eigenvalue weighted by atomic mass is 10.3. The van der Waals surface area contributed by atoms with Crippen LogP contribution in [0.4, 0.5) is 5.69 Å². The van der Waals surface area contributed by atoms with Gasteiger partial charge in [0.25, 0.3) is 15.7 Å². The Morgan fingerprint density at radius 3 is 2.68 bits per heavy atom. The molecule has 0 atom stereocenters. The van der Waals surface area contributed by atoms with Gasteiger partial charge in [0.15, 0.2) is 0 Å². The number of nitrogens with zero attached hydrogens (tertiary/aromatic N) is 3. The van der Waals surface area contributed by atoms with Crippen LogP contribution in [0.2, 0.25) is 4.34 Å². The molecule has 9 nitrogen and oxygen atoms in total. The summed E-state index contributed by atoms with van der Waals surface area (Å²) < 4.78 is 35.9. The Kier molecular flexibility index (Phi) is 5.84. The summed E-state index contributed by atoms with van der Waals surface area (Å²) in [5, 5.41) is 11.0. The number of benzene rings is 1. The first-order chi connectivity index (χ1) is 13.2. The van der Waals surface area contributed by atoms with E-state index in [-0.39, 0.29) is 27.8 Å². The Morgan fingerprint density at radius 1 is 1.32 bits per heavy atom. The molecule has 0 saturated carbocycles. The molecule has 3 rings (SSSR count). The zero-order chi connectivity index (χ0) is 20.5. The number of carbonyl (C=O) groups excluding carboxylic acids is 1. The number of halogens is 1. The summed E-state index contributed by atoms with van der Waals surface area (Å²) in [6.45, 7) is 1.52. The van der Waals surface area contributed by atoms with Gasteiger partial charge in [-0.05, 0) is 25.1 Å². The highest BCUT2D eigenvalue weighted by Crippen LogP contribution is 2.27. The Labute approximate surface area is 171 Å². The van der Waals surface area contributed by atoms with Gasteiger partial charge < -0.3 is 9.30 Å². The van der Waals surface area contributed by atoms with Gasteiger partial charge in [0, 0.05) is 12.1 Å². The molecule has 0 unspecified atom stereocenters. The molecule has 1 aromatic carbocycles. The first kappa shape index (κ1) is 20.5. The summed E-state index contributed by atoms with van der Waals surface area (Å²) in [5.41, 5.74) is 0.276. The maximum absolute atomic E-state index is 12.6. The third-order valence-corrected chi connectivity index (χ3v) is 7.59. The lowest BCUT2D eigenvalue weighted by Gasteiger charge is -2.05. The van der Waals surface area contributed by atoms with Gasteiger partial charge >= 0.3 is 5.97 Å². The topological polar surface area (TPSA) is 121 Å². The maximum atomic E-state index is 12.6. The summed E-state index contributed by atoms with van der Waals surface area (Å²) in [7, 11) is -4.07. The van der Waals surface area contributed by atoms with E-state index in [1.54, 1.807) is 6.92 Å². The summed E-state index contributed by atoms with van der Waals surface area (Å²) in [6, 6.07) is 6.79. The monoisotopic (exact) mass is 461 g/mol. The van der Waals surface area contributed by atoms with Crippen molar-refractivity contribution >= 4 is 66.2 Å². The minimum absolute atomic E-state index is 0.00641. The molecule has 0 aliphatic rings. The van der Waals surface area contributed by atoms with E-state index < -0.39 is 20.9 Å². The van der Waals surface area contributed by atoms with Crippen molar-refractivity contribution in [3.8, 4) is 0 Å². The van der Waals surface area contributed by atoms with Gasteiger partial charge in [0.05, 0.1) is 26.1 Å². The van der Waals surface area contributed by atoms with Gasteiger partial charge in [0.2, 0.25) is 4.80 Å². The van der Waals surface area contributed by atoms with Crippen molar-refractivity contribution in [1.82, 2.24) is 4.57 Å². The van der Waals surface area contributed by atoms with Gasteiger partial charge in [-0.15, -0.1) is 15.7 Å². The van der Waals surface area contributed by atoms with E-state index in [4.69, 9.17) is 16.3 Å². The lowest BCUT2D eigenvalue weighted by molar-refractivity contribution is -0.384. The van der Waals surface area contributed by atoms with Crippen LogP contribution >= 0.6 is 34.3 Å². The number of thiazole rings is 1. The normalized spacial score (nSPS) is 12.4. The van der Waals surface area contributed by atoms with Crippen LogP contribution in [0.1, 0.15) is 6.92 Å². The van der Waals surface area contributed by atoms with Crippen LogP contribution in [0.25, 0.3) is 10.2 Å². The zero-order valence-electron chi connectivity index (χ0n) is 14.2. The maximum Gasteiger partial charge on any atom is 0.326 e. The van der Waals surface area contributed by atoms with Crippen LogP contribution in [0.5, 0.6) is 0 Å². The van der Waals surface area contributed by atoms with E-state index >= 15 is 0 Å². The number of sulfonamides is 1. The average Bonchev–Trinajstić information content (AvgIpc) is 3.19. The molecule has 2 aromatic heterocycles. The number of fused-ring (bicyclic) bond motifs is 1. The Morgan fingerprint density at radius 2 is 2.07 bits per heavy atom. The fourth-order valence-electron chi connectivity index (χ4n) is 2.32. The quantitative estimate of drug-likeness (QED) is 0.315. The van der Waals surface area contributed by atoms with Crippen molar-refractivity contribution < 1.29 is 22.9 Å². The van der Waals surface area contributed by atoms with Crippen LogP contribution in [0.3, 0.4) is 0 Å². The SMILES string of the molecule is CCOC(=O)Cn1c(=NS(=O)(=O)c2ccc(Cl)s2)sc2cc([N+](=O)[O-])ccc21. The minimum atomic E-state index is -4.07. The van der Waals surface area contributed by atoms with Crippen molar-refractivity contribution in [1.29, 1.82) is 0 Å². The average molecular weight is 462 g/mol. The molecule has 0 amide bonds. The van der Waals surface area contributed by atoms with Crippen LogP contribution in [0.15, 0.2) is 38.9 Å². The molecule has 28 heavy (non-hydrogen) atoms. The third kappa shape index (κ3) is 4.24. The summed E-state index contributed by atoms with van der Waals surface area (Å²) >= 11 is 7.57. The minimum Gasteiger partial charge on any atom is -0.465 e. The molecule has 148 valence electrons. The molecule has 0 radical (unpaired) electrons. The van der Waals surface area contributed by atoms with Crippen molar-refractivity contribution in [2.24, 2.45) is 4.40 Å². The number of nitro groups is 1. The van der Waals surface area contributed by atoms with Gasteiger partial charge in [-0.2, -0.15) is 8.42 Å². The molecule has 0 spiro atoms. The highest BCUT2D eigenvalue weighted by atomic mass is 35.5. The number of esters is 1. The third-order valence-electron chi connectivity index (χ3n) is 3.47. The second-order valence-electron chi connectivity index (χ2n) is 5.31. The fraction of sp³-hybridized carbons (Fsp3) is 0.200. The van der Waals surface area contributed by atoms with Crippen LogP contribution in [-0.4, -0.2) is 30.5 Å². The molecule has 0 fully saturated rings. The zero-order valence-corrected chi connectivity index (χ0v) is 17.4. The number of hydrogen-bond donors (Lipinski definition) is 0. The molecular formula is C15H12ClN3O6S3. The molecule has 0 aliphatic carbocycles.